The van der Waals surface area contributed by atoms with Gasteiger partial charge in [-0.2, -0.15) is 8.42 Å². The van der Waals surface area contributed by atoms with E-state index >= 15 is 4.39 Å². The zero-order chi connectivity index (χ0) is 31.4. The monoisotopic (exact) mass is 639 g/mol. The fraction of sp³-hybridized carbons (Fsp3) is 0.135. The summed E-state index contributed by atoms with van der Waals surface area (Å²) in [5, 5.41) is 0.899. The molecule has 1 aromatic heterocycles. The van der Waals surface area contributed by atoms with Crippen molar-refractivity contribution >= 4 is 32.6 Å². The molecule has 0 bridgehead atoms. The van der Waals surface area contributed by atoms with Gasteiger partial charge in [0.05, 0.1) is 22.7 Å². The molecule has 0 aliphatic rings. The van der Waals surface area contributed by atoms with Gasteiger partial charge >= 0.3 is 0 Å². The van der Waals surface area contributed by atoms with Crippen molar-refractivity contribution in [2.75, 3.05) is 6.61 Å². The summed E-state index contributed by atoms with van der Waals surface area (Å²) in [6.45, 7) is 2.69. The Morgan fingerprint density at radius 3 is 2.20 bits per heavy atom. The van der Waals surface area contributed by atoms with Crippen molar-refractivity contribution in [3.63, 3.8) is 0 Å². The summed E-state index contributed by atoms with van der Waals surface area (Å²) in [6.07, 6.45) is 0.420. The van der Waals surface area contributed by atoms with Gasteiger partial charge in [-0.25, -0.2) is 4.39 Å². The second kappa shape index (κ2) is 13.3. The maximum absolute atomic E-state index is 16.2. The summed E-state index contributed by atoms with van der Waals surface area (Å²) < 4.78 is 54.5. The Morgan fingerprint density at radius 2 is 1.47 bits per heavy atom. The van der Waals surface area contributed by atoms with Crippen LogP contribution in [-0.2, 0) is 33.9 Å². The van der Waals surface area contributed by atoms with Gasteiger partial charge in [-0.15, -0.1) is 0 Å². The van der Waals surface area contributed by atoms with Crippen LogP contribution in [0.3, 0.4) is 0 Å². The van der Waals surface area contributed by atoms with Crippen LogP contribution in [0.1, 0.15) is 22.3 Å². The van der Waals surface area contributed by atoms with Crippen molar-refractivity contribution in [3.05, 3.63) is 154 Å². The number of aromatic nitrogens is 1. The van der Waals surface area contributed by atoms with E-state index in [4.69, 9.17) is 20.5 Å². The van der Waals surface area contributed by atoms with Crippen LogP contribution >= 0.6 is 11.6 Å². The number of nitrogens with zero attached hydrogens (tertiary/aromatic N) is 1. The highest BCUT2D eigenvalue weighted by Gasteiger charge is 2.22. The third-order valence-electron chi connectivity index (χ3n) is 7.65. The molecule has 0 saturated heterocycles. The molecule has 5 nitrogen and oxygen atoms in total. The molecule has 0 aliphatic heterocycles. The summed E-state index contributed by atoms with van der Waals surface area (Å²) in [5.74, 6) is 0.205. The zero-order valence-corrected chi connectivity index (χ0v) is 26.2. The van der Waals surface area contributed by atoms with E-state index in [1.807, 2.05) is 96.4 Å². The number of ether oxygens (including phenoxy) is 1. The Balaban J connectivity index is 1.23. The van der Waals surface area contributed by atoms with Gasteiger partial charge in [0.25, 0.3) is 10.1 Å². The highest BCUT2D eigenvalue weighted by molar-refractivity contribution is 7.86. The van der Waals surface area contributed by atoms with Gasteiger partial charge in [-0.1, -0.05) is 102 Å². The number of benzene rings is 5. The number of hydrogen-bond donors (Lipinski definition) is 0. The van der Waals surface area contributed by atoms with E-state index in [-0.39, 0.29) is 17.3 Å². The molecule has 0 unspecified atom stereocenters. The lowest BCUT2D eigenvalue weighted by Crippen LogP contribution is -2.09. The quantitative estimate of drug-likeness (QED) is 0.133. The second-order valence-corrected chi connectivity index (χ2v) is 12.9. The molecule has 0 spiro atoms. The Morgan fingerprint density at radius 1 is 0.778 bits per heavy atom. The largest absolute Gasteiger partial charge is 0.489 e. The fourth-order valence-electron chi connectivity index (χ4n) is 5.24. The predicted molar refractivity (Wildman–Crippen MR) is 177 cm³/mol. The normalized spacial score (nSPS) is 11.6. The van der Waals surface area contributed by atoms with E-state index in [1.165, 1.54) is 0 Å². The van der Waals surface area contributed by atoms with Crippen molar-refractivity contribution in [1.29, 1.82) is 0 Å². The minimum absolute atomic E-state index is 0.0222. The second-order valence-electron chi connectivity index (χ2n) is 10.8. The van der Waals surface area contributed by atoms with Gasteiger partial charge in [0.2, 0.25) is 0 Å². The smallest absolute Gasteiger partial charge is 0.296 e. The van der Waals surface area contributed by atoms with Crippen LogP contribution in [0.2, 0.25) is 5.02 Å². The molecule has 0 amide bonds. The van der Waals surface area contributed by atoms with Gasteiger partial charge in [0.15, 0.2) is 5.82 Å². The lowest BCUT2D eigenvalue weighted by Gasteiger charge is -2.13. The maximum atomic E-state index is 16.2. The van der Waals surface area contributed by atoms with Crippen molar-refractivity contribution in [1.82, 2.24) is 4.57 Å². The zero-order valence-electron chi connectivity index (χ0n) is 24.6. The van der Waals surface area contributed by atoms with Crippen molar-refractivity contribution in [3.8, 4) is 17.0 Å². The molecule has 0 fully saturated rings. The summed E-state index contributed by atoms with van der Waals surface area (Å²) in [6, 6.07) is 36.9. The van der Waals surface area contributed by atoms with Crippen LogP contribution in [0.5, 0.6) is 5.75 Å². The number of rotatable bonds is 11. The fourth-order valence-corrected chi connectivity index (χ4v) is 6.37. The van der Waals surface area contributed by atoms with E-state index in [1.54, 1.807) is 36.4 Å². The Hall–Kier alpha value is -4.43. The van der Waals surface area contributed by atoms with Crippen LogP contribution in [-0.4, -0.2) is 19.6 Å². The number of aryl methyl sites for hydroxylation is 1. The topological polar surface area (TPSA) is 57.5 Å². The van der Waals surface area contributed by atoms with Crippen LogP contribution in [0.25, 0.3) is 22.2 Å². The molecule has 0 saturated carbocycles. The van der Waals surface area contributed by atoms with E-state index in [0.717, 1.165) is 22.3 Å². The lowest BCUT2D eigenvalue weighted by molar-refractivity contribution is 0.306. The van der Waals surface area contributed by atoms with Gasteiger partial charge in [-0.05, 0) is 66.4 Å². The first-order chi connectivity index (χ1) is 21.8. The summed E-state index contributed by atoms with van der Waals surface area (Å²) in [5.41, 5.74) is 5.58. The van der Waals surface area contributed by atoms with Gasteiger partial charge < -0.3 is 9.30 Å². The highest BCUT2D eigenvalue weighted by Crippen LogP contribution is 2.38. The highest BCUT2D eigenvalue weighted by atomic mass is 35.5. The minimum Gasteiger partial charge on any atom is -0.489 e. The summed E-state index contributed by atoms with van der Waals surface area (Å²) >= 11 is 6.57. The molecular weight excluding hydrogens is 609 g/mol. The molecule has 8 heteroatoms. The first kappa shape index (κ1) is 30.6. The van der Waals surface area contributed by atoms with Crippen molar-refractivity contribution in [2.24, 2.45) is 0 Å². The van der Waals surface area contributed by atoms with Gasteiger partial charge in [0.1, 0.15) is 12.4 Å². The van der Waals surface area contributed by atoms with Crippen LogP contribution in [0.15, 0.2) is 126 Å². The van der Waals surface area contributed by atoms with Crippen LogP contribution < -0.4 is 4.74 Å². The number of fused-ring (bicyclic) bond motifs is 1. The Labute approximate surface area is 267 Å². The molecule has 1 heterocycles. The van der Waals surface area contributed by atoms with Crippen molar-refractivity contribution in [2.45, 2.75) is 31.4 Å². The molecule has 228 valence electrons. The van der Waals surface area contributed by atoms with Crippen molar-refractivity contribution < 1.29 is 21.7 Å². The number of hydrogen-bond acceptors (Lipinski definition) is 4. The minimum atomic E-state index is -3.83. The SMILES string of the molecule is Cc1ccc(S(=O)(=O)OCCc2ccc(Cn3c(-c4ccccc4Cl)c(F)c4cc(OCc5ccccc5)ccc43)cc2)cc1. The molecule has 45 heavy (non-hydrogen) atoms. The summed E-state index contributed by atoms with van der Waals surface area (Å²) in [7, 11) is -3.83. The molecule has 6 aromatic rings. The van der Waals surface area contributed by atoms with Gasteiger partial charge in [-0.3, -0.25) is 4.18 Å². The molecule has 0 atom stereocenters. The first-order valence-corrected chi connectivity index (χ1v) is 16.3. The number of halogens is 2. The molecule has 5 aromatic carbocycles. The van der Waals surface area contributed by atoms with Crippen LogP contribution in [0, 0.1) is 12.7 Å². The molecular formula is C37H31ClFNO4S. The van der Waals surface area contributed by atoms with Gasteiger partial charge in [0, 0.05) is 22.5 Å². The Bertz CT molecular complexity index is 2040. The Kier molecular flexibility index (Phi) is 9.03. The van der Waals surface area contributed by atoms with Crippen LogP contribution in [0.4, 0.5) is 4.39 Å². The van der Waals surface area contributed by atoms with E-state index in [2.05, 4.69) is 0 Å². The van der Waals surface area contributed by atoms with E-state index < -0.39 is 10.1 Å². The summed E-state index contributed by atoms with van der Waals surface area (Å²) in [4.78, 5) is 0.138. The lowest BCUT2D eigenvalue weighted by atomic mass is 10.1. The average Bonchev–Trinajstić information content (AvgIpc) is 3.31. The molecule has 0 N–H and O–H groups in total. The first-order valence-electron chi connectivity index (χ1n) is 14.6. The third-order valence-corrected chi connectivity index (χ3v) is 9.31. The standard InChI is InChI=1S/C37H31ClFNO4S/c1-26-11-18-31(19-12-26)45(41,42)44-22-21-27-13-15-28(16-14-27)24-40-35-20-17-30(43-25-29-7-3-2-4-8-29)23-33(35)36(39)37(40)32-9-5-6-10-34(32)38/h2-20,23H,21-22,24-25H2,1H3. The predicted octanol–water partition coefficient (Wildman–Crippen LogP) is 8.98. The molecule has 0 radical (unpaired) electrons. The average molecular weight is 640 g/mol. The van der Waals surface area contributed by atoms with E-state index in [9.17, 15) is 8.42 Å². The molecule has 0 aliphatic carbocycles. The maximum Gasteiger partial charge on any atom is 0.296 e. The molecule has 6 rings (SSSR count). The van der Waals surface area contributed by atoms with E-state index in [0.29, 0.717) is 52.5 Å². The third kappa shape index (κ3) is 6.96.